The molecule has 0 heterocycles. The summed E-state index contributed by atoms with van der Waals surface area (Å²) < 4.78 is 0. The Hall–Kier alpha value is -2.21. The Kier molecular flexibility index (Phi) is 6.09. The number of nitrogens with one attached hydrogen (secondary N) is 2. The van der Waals surface area contributed by atoms with E-state index in [2.05, 4.69) is 10.7 Å². The lowest BCUT2D eigenvalue weighted by molar-refractivity contribution is -0.131. The van der Waals surface area contributed by atoms with Crippen LogP contribution in [0.3, 0.4) is 0 Å². The van der Waals surface area contributed by atoms with E-state index in [9.17, 15) is 9.90 Å². The molecule has 5 nitrogen and oxygen atoms in total. The Morgan fingerprint density at radius 3 is 2.09 bits per heavy atom. The van der Waals surface area contributed by atoms with E-state index in [1.165, 1.54) is 0 Å². The second-order valence-corrected chi connectivity index (χ2v) is 5.11. The molecule has 0 saturated carbocycles. The normalized spacial score (nSPS) is 13.4. The minimum atomic E-state index is -1.21. The maximum atomic E-state index is 12.1. The molecule has 0 aliphatic heterocycles. The van der Waals surface area contributed by atoms with Gasteiger partial charge in [-0.1, -0.05) is 60.7 Å². The van der Waals surface area contributed by atoms with Crippen LogP contribution in [0.1, 0.15) is 11.1 Å². The summed E-state index contributed by atoms with van der Waals surface area (Å²) in [4.78, 5) is 12.1. The number of carbonyl (C=O) groups excluding carboxylic acids is 1. The molecular formula is C17H21N3O2. The highest BCUT2D eigenvalue weighted by molar-refractivity contribution is 5.81. The van der Waals surface area contributed by atoms with Gasteiger partial charge in [0.1, 0.15) is 6.10 Å². The summed E-state index contributed by atoms with van der Waals surface area (Å²) in [5.74, 6) is 5.03. The van der Waals surface area contributed by atoms with Crippen molar-refractivity contribution < 1.29 is 9.90 Å². The summed E-state index contributed by atoms with van der Waals surface area (Å²) in [5.41, 5.74) is 4.49. The van der Waals surface area contributed by atoms with Crippen LogP contribution >= 0.6 is 0 Å². The number of aliphatic hydroxyl groups excluding tert-OH is 1. The van der Waals surface area contributed by atoms with Crippen LogP contribution in [-0.4, -0.2) is 23.2 Å². The van der Waals surface area contributed by atoms with Gasteiger partial charge in [0.05, 0.1) is 6.04 Å². The Morgan fingerprint density at radius 1 is 1.00 bits per heavy atom. The van der Waals surface area contributed by atoms with Crippen LogP contribution in [-0.2, 0) is 17.8 Å². The van der Waals surface area contributed by atoms with Gasteiger partial charge >= 0.3 is 0 Å². The number of hydrazine groups is 1. The highest BCUT2D eigenvalue weighted by atomic mass is 16.3. The lowest BCUT2D eigenvalue weighted by atomic mass is 10.0. The largest absolute Gasteiger partial charge is 0.382 e. The first-order valence-corrected chi connectivity index (χ1v) is 7.20. The molecule has 5 heteroatoms. The lowest BCUT2D eigenvalue weighted by Crippen LogP contribution is -2.52. The van der Waals surface area contributed by atoms with Crippen LogP contribution in [0.15, 0.2) is 60.7 Å². The summed E-state index contributed by atoms with van der Waals surface area (Å²) >= 11 is 0. The van der Waals surface area contributed by atoms with Crippen LogP contribution < -0.4 is 16.6 Å². The van der Waals surface area contributed by atoms with Crippen molar-refractivity contribution in [1.82, 2.24) is 10.7 Å². The molecule has 1 amide bonds. The molecular weight excluding hydrogens is 278 g/mol. The molecule has 0 saturated heterocycles. The highest BCUT2D eigenvalue weighted by Crippen LogP contribution is 2.06. The van der Waals surface area contributed by atoms with E-state index in [-0.39, 0.29) is 0 Å². The number of aliphatic hydroxyl groups is 1. The predicted molar refractivity (Wildman–Crippen MR) is 85.6 cm³/mol. The standard InChI is InChI=1S/C17H21N3O2/c18-20-15(11-13-7-3-1-4-8-13)16(21)17(22)19-12-14-9-5-2-6-10-14/h1-10,15-16,20-21H,11-12,18H2,(H,19,22)/t15-,16?/m0/s1. The molecule has 0 spiro atoms. The van der Waals surface area contributed by atoms with Crippen molar-refractivity contribution in [3.63, 3.8) is 0 Å². The quantitative estimate of drug-likeness (QED) is 0.448. The minimum absolute atomic E-state index is 0.374. The monoisotopic (exact) mass is 299 g/mol. The molecule has 0 aliphatic rings. The first-order valence-electron chi connectivity index (χ1n) is 7.20. The summed E-state index contributed by atoms with van der Waals surface area (Å²) in [6, 6.07) is 18.6. The molecule has 2 atom stereocenters. The molecule has 0 fully saturated rings. The van der Waals surface area contributed by atoms with Crippen molar-refractivity contribution >= 4 is 5.91 Å². The molecule has 0 radical (unpaired) electrons. The van der Waals surface area contributed by atoms with Gasteiger partial charge in [0.2, 0.25) is 0 Å². The highest BCUT2D eigenvalue weighted by Gasteiger charge is 2.25. The third-order valence-electron chi connectivity index (χ3n) is 3.47. The maximum absolute atomic E-state index is 12.1. The number of benzene rings is 2. The van der Waals surface area contributed by atoms with Crippen molar-refractivity contribution in [1.29, 1.82) is 0 Å². The smallest absolute Gasteiger partial charge is 0.250 e. The van der Waals surface area contributed by atoms with Crippen LogP contribution in [0.25, 0.3) is 0 Å². The number of rotatable bonds is 7. The molecule has 2 aromatic rings. The predicted octanol–water partition coefficient (Wildman–Crippen LogP) is 0.738. The summed E-state index contributed by atoms with van der Waals surface area (Å²) in [5, 5.41) is 12.9. The fourth-order valence-corrected chi connectivity index (χ4v) is 2.20. The number of hydrogen-bond acceptors (Lipinski definition) is 4. The van der Waals surface area contributed by atoms with Crippen LogP contribution in [0, 0.1) is 0 Å². The van der Waals surface area contributed by atoms with Gasteiger partial charge in [-0.3, -0.25) is 16.1 Å². The number of carbonyl (C=O) groups is 1. The SMILES string of the molecule is NN[C@@H](Cc1ccccc1)C(O)C(=O)NCc1ccccc1. The average molecular weight is 299 g/mol. The van der Waals surface area contributed by atoms with E-state index < -0.39 is 18.1 Å². The van der Waals surface area contributed by atoms with Gasteiger partial charge < -0.3 is 10.4 Å². The third kappa shape index (κ3) is 4.66. The Bertz CT molecular complexity index is 575. The van der Waals surface area contributed by atoms with E-state index >= 15 is 0 Å². The lowest BCUT2D eigenvalue weighted by Gasteiger charge is -2.21. The molecule has 0 aliphatic carbocycles. The second kappa shape index (κ2) is 8.29. The first-order chi connectivity index (χ1) is 10.7. The van der Waals surface area contributed by atoms with Gasteiger partial charge in [0.25, 0.3) is 5.91 Å². The van der Waals surface area contributed by atoms with E-state index in [0.717, 1.165) is 11.1 Å². The average Bonchev–Trinajstić information content (AvgIpc) is 2.58. The fraction of sp³-hybridized carbons (Fsp3) is 0.235. The summed E-state index contributed by atoms with van der Waals surface area (Å²) in [6.07, 6.45) is -0.744. The molecule has 22 heavy (non-hydrogen) atoms. The van der Waals surface area contributed by atoms with E-state index in [4.69, 9.17) is 5.84 Å². The Balaban J connectivity index is 1.90. The van der Waals surface area contributed by atoms with Gasteiger partial charge in [-0.2, -0.15) is 0 Å². The molecule has 0 aromatic heterocycles. The second-order valence-electron chi connectivity index (χ2n) is 5.11. The van der Waals surface area contributed by atoms with Crippen LogP contribution in [0.2, 0.25) is 0 Å². The zero-order valence-electron chi connectivity index (χ0n) is 12.3. The molecule has 0 bridgehead atoms. The topological polar surface area (TPSA) is 87.4 Å². The van der Waals surface area contributed by atoms with Crippen molar-refractivity contribution in [2.75, 3.05) is 0 Å². The van der Waals surface area contributed by atoms with Gasteiger partial charge in [0, 0.05) is 6.54 Å². The Morgan fingerprint density at radius 2 is 1.55 bits per heavy atom. The molecule has 5 N–H and O–H groups in total. The van der Waals surface area contributed by atoms with Gasteiger partial charge in [-0.15, -0.1) is 0 Å². The fourth-order valence-electron chi connectivity index (χ4n) is 2.20. The van der Waals surface area contributed by atoms with Crippen molar-refractivity contribution in [2.45, 2.75) is 25.1 Å². The number of amides is 1. The van der Waals surface area contributed by atoms with Crippen molar-refractivity contribution in [3.05, 3.63) is 71.8 Å². The van der Waals surface area contributed by atoms with Gasteiger partial charge in [-0.05, 0) is 17.5 Å². The Labute approximate surface area is 130 Å². The van der Waals surface area contributed by atoms with Gasteiger partial charge in [0.15, 0.2) is 0 Å². The van der Waals surface area contributed by atoms with E-state index in [1.54, 1.807) is 0 Å². The van der Waals surface area contributed by atoms with Crippen molar-refractivity contribution in [2.24, 2.45) is 5.84 Å². The van der Waals surface area contributed by atoms with Crippen molar-refractivity contribution in [3.8, 4) is 0 Å². The summed E-state index contributed by atoms with van der Waals surface area (Å²) in [7, 11) is 0. The van der Waals surface area contributed by atoms with E-state index in [1.807, 2.05) is 60.7 Å². The third-order valence-corrected chi connectivity index (χ3v) is 3.47. The maximum Gasteiger partial charge on any atom is 0.250 e. The number of nitrogens with two attached hydrogens (primary N) is 1. The van der Waals surface area contributed by atoms with Crippen LogP contribution in [0.4, 0.5) is 0 Å². The zero-order valence-corrected chi connectivity index (χ0v) is 12.3. The molecule has 1 unspecified atom stereocenters. The minimum Gasteiger partial charge on any atom is -0.382 e. The molecule has 2 rings (SSSR count). The van der Waals surface area contributed by atoms with Gasteiger partial charge in [-0.25, -0.2) is 0 Å². The number of hydrogen-bond donors (Lipinski definition) is 4. The first kappa shape index (κ1) is 16.2. The molecule has 116 valence electrons. The zero-order chi connectivity index (χ0) is 15.8. The van der Waals surface area contributed by atoms with Crippen LogP contribution in [0.5, 0.6) is 0 Å². The van der Waals surface area contributed by atoms with E-state index in [0.29, 0.717) is 13.0 Å². The summed E-state index contributed by atoms with van der Waals surface area (Å²) in [6.45, 7) is 0.374. The molecule has 2 aromatic carbocycles.